The number of thioether (sulfide) groups is 1. The number of aromatic amines is 1. The van der Waals surface area contributed by atoms with Crippen LogP contribution in [0, 0.1) is 0 Å². The van der Waals surface area contributed by atoms with Gasteiger partial charge in [-0.15, -0.1) is 0 Å². The fourth-order valence-electron chi connectivity index (χ4n) is 1.12. The van der Waals surface area contributed by atoms with Gasteiger partial charge in [0.2, 0.25) is 11.3 Å². The molecule has 1 amide bonds. The zero-order valence-corrected chi connectivity index (χ0v) is 9.84. The minimum Gasteiger partial charge on any atom is -0.366 e. The molecule has 0 fully saturated rings. The van der Waals surface area contributed by atoms with Gasteiger partial charge in [-0.05, 0) is 18.4 Å². The summed E-state index contributed by atoms with van der Waals surface area (Å²) >= 11 is 1.63. The Morgan fingerprint density at radius 2 is 2.44 bits per heavy atom. The summed E-state index contributed by atoms with van der Waals surface area (Å²) in [7, 11) is 0. The molecule has 1 rings (SSSR count). The molecule has 0 aliphatic rings. The van der Waals surface area contributed by atoms with E-state index in [9.17, 15) is 9.59 Å². The summed E-state index contributed by atoms with van der Waals surface area (Å²) in [6.07, 6.45) is 5.50. The van der Waals surface area contributed by atoms with E-state index in [1.165, 1.54) is 18.5 Å². The van der Waals surface area contributed by atoms with Crippen molar-refractivity contribution in [2.45, 2.75) is 12.5 Å². The van der Waals surface area contributed by atoms with Gasteiger partial charge >= 0.3 is 0 Å². The van der Waals surface area contributed by atoms with Gasteiger partial charge in [0.25, 0.3) is 0 Å². The van der Waals surface area contributed by atoms with Crippen LogP contribution in [0.1, 0.15) is 6.42 Å². The number of aromatic nitrogens is 1. The summed E-state index contributed by atoms with van der Waals surface area (Å²) in [5.41, 5.74) is 5.66. The molecule has 0 aliphatic heterocycles. The monoisotopic (exact) mass is 241 g/mol. The Bertz CT molecular complexity index is 405. The van der Waals surface area contributed by atoms with Crippen LogP contribution in [0.15, 0.2) is 23.3 Å². The molecule has 1 atom stereocenters. The van der Waals surface area contributed by atoms with E-state index in [-0.39, 0.29) is 17.0 Å². The number of carbonyl (C=O) groups excluding carboxylic acids is 1. The minimum absolute atomic E-state index is 0.229. The first-order valence-corrected chi connectivity index (χ1v) is 6.27. The quantitative estimate of drug-likeness (QED) is 0.696. The third-order valence-electron chi connectivity index (χ3n) is 2.05. The predicted octanol–water partition coefficient (Wildman–Crippen LogP) is 0.394. The van der Waals surface area contributed by atoms with Crippen molar-refractivity contribution in [1.82, 2.24) is 4.98 Å². The maximum Gasteiger partial charge on any atom is 0.241 e. The van der Waals surface area contributed by atoms with Crippen LogP contribution in [0.5, 0.6) is 0 Å². The normalized spacial score (nSPS) is 12.1. The van der Waals surface area contributed by atoms with Gasteiger partial charge in [0, 0.05) is 18.5 Å². The highest BCUT2D eigenvalue weighted by atomic mass is 32.2. The predicted molar refractivity (Wildman–Crippen MR) is 66.7 cm³/mol. The maximum absolute atomic E-state index is 11.6. The summed E-state index contributed by atoms with van der Waals surface area (Å²) in [5.74, 6) is 0.491. The zero-order chi connectivity index (χ0) is 12.0. The lowest BCUT2D eigenvalue weighted by Crippen LogP contribution is -2.37. The number of carbonyl (C=O) groups is 1. The molecule has 1 aromatic rings. The Kier molecular flexibility index (Phi) is 5.07. The molecule has 1 heterocycles. The Balaban J connectivity index is 2.58. The molecule has 0 radical (unpaired) electrons. The minimum atomic E-state index is -0.577. The average molecular weight is 241 g/mol. The van der Waals surface area contributed by atoms with Gasteiger partial charge in [0.15, 0.2) is 0 Å². The van der Waals surface area contributed by atoms with E-state index >= 15 is 0 Å². The van der Waals surface area contributed by atoms with Crippen molar-refractivity contribution in [3.8, 4) is 0 Å². The van der Waals surface area contributed by atoms with Crippen molar-refractivity contribution in [2.24, 2.45) is 5.73 Å². The van der Waals surface area contributed by atoms with E-state index in [0.29, 0.717) is 6.42 Å². The zero-order valence-electron chi connectivity index (χ0n) is 9.03. The largest absolute Gasteiger partial charge is 0.366 e. The number of nitrogens with one attached hydrogen (secondary N) is 2. The number of pyridine rings is 1. The van der Waals surface area contributed by atoms with E-state index in [2.05, 4.69) is 10.3 Å². The second-order valence-corrected chi connectivity index (χ2v) is 4.29. The number of hydrogen-bond donors (Lipinski definition) is 3. The van der Waals surface area contributed by atoms with Crippen LogP contribution in [-0.2, 0) is 4.79 Å². The molecule has 0 saturated carbocycles. The maximum atomic E-state index is 11.6. The lowest BCUT2D eigenvalue weighted by Gasteiger charge is -2.10. The molecule has 0 saturated heterocycles. The third kappa shape index (κ3) is 3.71. The molecule has 5 nitrogen and oxygen atoms in total. The van der Waals surface area contributed by atoms with Crippen molar-refractivity contribution in [1.29, 1.82) is 0 Å². The standard InChI is InChI=1S/C10H15N3O2S/c1-16-5-3-7(11)10(15)13-8-6-12-4-2-9(8)14/h2,4,6-7H,3,5,11H2,1H3,(H,12,14)(H,13,15)/t7-/m1/s1. The number of anilines is 1. The Hall–Kier alpha value is -1.27. The van der Waals surface area contributed by atoms with Gasteiger partial charge in [-0.2, -0.15) is 11.8 Å². The number of nitrogens with two attached hydrogens (primary N) is 1. The molecule has 0 spiro atoms. The molecule has 4 N–H and O–H groups in total. The molecule has 0 aliphatic carbocycles. The second kappa shape index (κ2) is 6.34. The van der Waals surface area contributed by atoms with Gasteiger partial charge in [0.1, 0.15) is 5.69 Å². The van der Waals surface area contributed by atoms with Crippen molar-refractivity contribution in [3.05, 3.63) is 28.7 Å². The van der Waals surface area contributed by atoms with Gasteiger partial charge in [-0.25, -0.2) is 0 Å². The van der Waals surface area contributed by atoms with E-state index in [4.69, 9.17) is 5.73 Å². The van der Waals surface area contributed by atoms with Crippen LogP contribution in [0.2, 0.25) is 0 Å². The molecular weight excluding hydrogens is 226 g/mol. The second-order valence-electron chi connectivity index (χ2n) is 3.30. The molecule has 0 unspecified atom stereocenters. The van der Waals surface area contributed by atoms with Crippen LogP contribution in [0.3, 0.4) is 0 Å². The molecule has 6 heteroatoms. The van der Waals surface area contributed by atoms with E-state index in [0.717, 1.165) is 5.75 Å². The highest BCUT2D eigenvalue weighted by molar-refractivity contribution is 7.98. The third-order valence-corrected chi connectivity index (χ3v) is 2.70. The number of amides is 1. The van der Waals surface area contributed by atoms with Crippen LogP contribution in [-0.4, -0.2) is 28.9 Å². The highest BCUT2D eigenvalue weighted by Gasteiger charge is 2.13. The van der Waals surface area contributed by atoms with Gasteiger partial charge in [0.05, 0.1) is 6.04 Å². The fraction of sp³-hybridized carbons (Fsp3) is 0.400. The molecular formula is C10H15N3O2S. The van der Waals surface area contributed by atoms with Crippen LogP contribution >= 0.6 is 11.8 Å². The van der Waals surface area contributed by atoms with Crippen LogP contribution in [0.4, 0.5) is 5.69 Å². The first kappa shape index (κ1) is 12.8. The lowest BCUT2D eigenvalue weighted by atomic mass is 10.2. The fourth-order valence-corrected chi connectivity index (χ4v) is 1.60. The van der Waals surface area contributed by atoms with E-state index in [1.807, 2.05) is 6.26 Å². The van der Waals surface area contributed by atoms with E-state index in [1.54, 1.807) is 11.8 Å². The SMILES string of the molecule is CSCC[C@@H](N)C(=O)Nc1c[nH]ccc1=O. The summed E-state index contributed by atoms with van der Waals surface area (Å²) in [6, 6.07) is 0.773. The summed E-state index contributed by atoms with van der Waals surface area (Å²) < 4.78 is 0. The summed E-state index contributed by atoms with van der Waals surface area (Å²) in [6.45, 7) is 0. The van der Waals surface area contributed by atoms with Gasteiger partial charge < -0.3 is 16.0 Å². The van der Waals surface area contributed by atoms with Crippen molar-refractivity contribution in [2.75, 3.05) is 17.3 Å². The molecule has 0 bridgehead atoms. The Labute approximate surface area is 97.8 Å². The number of H-pyrrole nitrogens is 1. The Morgan fingerprint density at radius 1 is 1.69 bits per heavy atom. The number of rotatable bonds is 5. The number of hydrogen-bond acceptors (Lipinski definition) is 4. The first-order chi connectivity index (χ1) is 7.65. The average Bonchev–Trinajstić information content (AvgIpc) is 2.28. The molecule has 16 heavy (non-hydrogen) atoms. The Morgan fingerprint density at radius 3 is 3.06 bits per heavy atom. The molecule has 0 aromatic carbocycles. The van der Waals surface area contributed by atoms with Crippen molar-refractivity contribution >= 4 is 23.4 Å². The topological polar surface area (TPSA) is 88.0 Å². The lowest BCUT2D eigenvalue weighted by molar-refractivity contribution is -0.117. The molecule has 1 aromatic heterocycles. The van der Waals surface area contributed by atoms with Crippen molar-refractivity contribution < 1.29 is 4.79 Å². The van der Waals surface area contributed by atoms with Gasteiger partial charge in [-0.1, -0.05) is 0 Å². The van der Waals surface area contributed by atoms with Crippen LogP contribution < -0.4 is 16.5 Å². The van der Waals surface area contributed by atoms with Crippen LogP contribution in [0.25, 0.3) is 0 Å². The smallest absolute Gasteiger partial charge is 0.241 e. The van der Waals surface area contributed by atoms with Crippen molar-refractivity contribution in [3.63, 3.8) is 0 Å². The summed E-state index contributed by atoms with van der Waals surface area (Å²) in [5, 5.41) is 2.50. The summed E-state index contributed by atoms with van der Waals surface area (Å²) in [4.78, 5) is 25.6. The van der Waals surface area contributed by atoms with E-state index < -0.39 is 6.04 Å². The molecule has 88 valence electrons. The van der Waals surface area contributed by atoms with Gasteiger partial charge in [-0.3, -0.25) is 9.59 Å². The highest BCUT2D eigenvalue weighted by Crippen LogP contribution is 2.02. The first-order valence-electron chi connectivity index (χ1n) is 4.87.